The number of amides is 1. The number of carbonyl (C=O) groups excluding carboxylic acids is 1. The molecule has 0 spiro atoms. The number of benzene rings is 2. The summed E-state index contributed by atoms with van der Waals surface area (Å²) >= 11 is 0. The van der Waals surface area contributed by atoms with Crippen LogP contribution in [-0.2, 0) is 9.53 Å². The van der Waals surface area contributed by atoms with E-state index < -0.39 is 5.82 Å². The van der Waals surface area contributed by atoms with Gasteiger partial charge < -0.3 is 20.3 Å². The number of H-pyrrole nitrogens is 1. The first kappa shape index (κ1) is 20.7. The van der Waals surface area contributed by atoms with E-state index in [1.807, 2.05) is 18.2 Å². The normalized spacial score (nSPS) is 21.0. The molecule has 1 unspecified atom stereocenters. The number of ether oxygens (including phenoxy) is 1. The molecular weight excluding hydrogens is 409 g/mol. The lowest BCUT2D eigenvalue weighted by atomic mass is 9.88. The number of morpholine rings is 1. The zero-order chi connectivity index (χ0) is 21.9. The summed E-state index contributed by atoms with van der Waals surface area (Å²) in [5, 5.41) is 13.0. The molecule has 166 valence electrons. The van der Waals surface area contributed by atoms with Crippen molar-refractivity contribution in [3.8, 4) is 11.1 Å². The Morgan fingerprint density at radius 2 is 1.97 bits per heavy atom. The van der Waals surface area contributed by atoms with Crippen molar-refractivity contribution in [2.75, 3.05) is 49.6 Å². The molecule has 0 aliphatic carbocycles. The summed E-state index contributed by atoms with van der Waals surface area (Å²) in [4.78, 5) is 15.5. The summed E-state index contributed by atoms with van der Waals surface area (Å²) in [6, 6.07) is 13.3. The quantitative estimate of drug-likeness (QED) is 0.574. The summed E-state index contributed by atoms with van der Waals surface area (Å²) < 4.78 is 20.6. The maximum absolute atomic E-state index is 15.1. The van der Waals surface area contributed by atoms with Crippen LogP contribution in [0.3, 0.4) is 0 Å². The van der Waals surface area contributed by atoms with E-state index in [0.29, 0.717) is 49.7 Å². The van der Waals surface area contributed by atoms with Gasteiger partial charge in [0.15, 0.2) is 0 Å². The Morgan fingerprint density at radius 1 is 1.16 bits per heavy atom. The van der Waals surface area contributed by atoms with Gasteiger partial charge in [-0.05, 0) is 11.6 Å². The molecule has 7 nitrogen and oxygen atoms in total. The number of hydrogen-bond acceptors (Lipinski definition) is 5. The Balaban J connectivity index is 1.45. The first-order valence-corrected chi connectivity index (χ1v) is 10.9. The second-order valence-electron chi connectivity index (χ2n) is 8.21. The molecule has 32 heavy (non-hydrogen) atoms. The van der Waals surface area contributed by atoms with Crippen LogP contribution in [0.15, 0.2) is 54.9 Å². The first-order chi connectivity index (χ1) is 15.7. The number of nitrogens with zero attached hydrogens (tertiary/aromatic N) is 2. The molecule has 1 aromatic heterocycles. The van der Waals surface area contributed by atoms with Gasteiger partial charge >= 0.3 is 0 Å². The molecule has 2 aliphatic heterocycles. The van der Waals surface area contributed by atoms with Crippen molar-refractivity contribution >= 4 is 17.3 Å². The SMILES string of the molecule is O=C(Nc1cc(F)c(-c2cn[nH]c2)cc1N1CCOCC1)[C@@H]1CNCC1c1ccccc1. The summed E-state index contributed by atoms with van der Waals surface area (Å²) in [6.07, 6.45) is 3.25. The molecule has 1 amide bonds. The van der Waals surface area contributed by atoms with Gasteiger partial charge in [-0.15, -0.1) is 0 Å². The molecule has 5 rings (SSSR count). The van der Waals surface area contributed by atoms with Crippen LogP contribution in [0.5, 0.6) is 0 Å². The molecule has 2 fully saturated rings. The predicted molar refractivity (Wildman–Crippen MR) is 121 cm³/mol. The van der Waals surface area contributed by atoms with Crippen LogP contribution in [-0.4, -0.2) is 55.5 Å². The Labute approximate surface area is 186 Å². The van der Waals surface area contributed by atoms with E-state index in [9.17, 15) is 4.79 Å². The van der Waals surface area contributed by atoms with Crippen LogP contribution in [0.25, 0.3) is 11.1 Å². The Hall–Kier alpha value is -3.23. The lowest BCUT2D eigenvalue weighted by molar-refractivity contribution is -0.119. The molecule has 2 aliphatic rings. The van der Waals surface area contributed by atoms with E-state index in [1.165, 1.54) is 6.07 Å². The van der Waals surface area contributed by atoms with Crippen molar-refractivity contribution in [1.82, 2.24) is 15.5 Å². The van der Waals surface area contributed by atoms with Crippen LogP contribution in [0.4, 0.5) is 15.8 Å². The average molecular weight is 436 g/mol. The fourth-order valence-corrected chi connectivity index (χ4v) is 4.58. The van der Waals surface area contributed by atoms with E-state index in [4.69, 9.17) is 4.74 Å². The predicted octanol–water partition coefficient (Wildman–Crippen LogP) is 2.99. The highest BCUT2D eigenvalue weighted by molar-refractivity contribution is 5.97. The summed E-state index contributed by atoms with van der Waals surface area (Å²) in [7, 11) is 0. The third-order valence-corrected chi connectivity index (χ3v) is 6.28. The molecule has 8 heteroatoms. The van der Waals surface area contributed by atoms with Crippen LogP contribution in [0.1, 0.15) is 11.5 Å². The van der Waals surface area contributed by atoms with Crippen LogP contribution < -0.4 is 15.5 Å². The minimum absolute atomic E-state index is 0.0816. The molecule has 2 atom stereocenters. The van der Waals surface area contributed by atoms with Gasteiger partial charge in [0.05, 0.1) is 36.7 Å². The highest BCUT2D eigenvalue weighted by atomic mass is 19.1. The number of halogens is 1. The molecular formula is C24H26FN5O2. The van der Waals surface area contributed by atoms with Crippen molar-refractivity contribution in [2.45, 2.75) is 5.92 Å². The molecule has 0 radical (unpaired) electrons. The largest absolute Gasteiger partial charge is 0.378 e. The number of carbonyl (C=O) groups is 1. The van der Waals surface area contributed by atoms with E-state index in [-0.39, 0.29) is 17.7 Å². The van der Waals surface area contributed by atoms with Crippen LogP contribution in [0.2, 0.25) is 0 Å². The van der Waals surface area contributed by atoms with Crippen molar-refractivity contribution in [1.29, 1.82) is 0 Å². The lowest BCUT2D eigenvalue weighted by Gasteiger charge is -2.31. The molecule has 0 bridgehead atoms. The minimum atomic E-state index is -0.400. The second kappa shape index (κ2) is 9.10. The van der Waals surface area contributed by atoms with Crippen LogP contribution in [0, 0.1) is 11.7 Å². The minimum Gasteiger partial charge on any atom is -0.378 e. The zero-order valence-corrected chi connectivity index (χ0v) is 17.7. The average Bonchev–Trinajstić information content (AvgIpc) is 3.53. The highest BCUT2D eigenvalue weighted by Gasteiger charge is 2.34. The number of aromatic nitrogens is 2. The number of anilines is 2. The Morgan fingerprint density at radius 3 is 2.72 bits per heavy atom. The van der Waals surface area contributed by atoms with E-state index in [2.05, 4.69) is 37.9 Å². The van der Waals surface area contributed by atoms with Crippen molar-refractivity contribution in [3.05, 3.63) is 66.2 Å². The standard InChI is InChI=1S/C24H26FN5O2/c25-21-11-22(29-24(31)20-15-26-14-19(20)16-4-2-1-3-5-16)23(30-6-8-32-9-7-30)10-18(21)17-12-27-28-13-17/h1-5,10-13,19-20,26H,6-9,14-15H2,(H,27,28)(H,29,31)/t19?,20-/m1/s1. The van der Waals surface area contributed by atoms with Gasteiger partial charge in [0.25, 0.3) is 0 Å². The molecule has 2 aromatic carbocycles. The highest BCUT2D eigenvalue weighted by Crippen LogP contribution is 2.36. The summed E-state index contributed by atoms with van der Waals surface area (Å²) in [5.41, 5.74) is 3.52. The van der Waals surface area contributed by atoms with Gasteiger partial charge in [0, 0.05) is 55.5 Å². The van der Waals surface area contributed by atoms with E-state index in [0.717, 1.165) is 17.8 Å². The Kier molecular flexibility index (Phi) is 5.87. The molecule has 3 heterocycles. The lowest BCUT2D eigenvalue weighted by Crippen LogP contribution is -2.37. The maximum atomic E-state index is 15.1. The number of nitrogens with one attached hydrogen (secondary N) is 3. The molecule has 2 saturated heterocycles. The first-order valence-electron chi connectivity index (χ1n) is 10.9. The Bertz CT molecular complexity index is 1070. The third kappa shape index (κ3) is 4.11. The smallest absolute Gasteiger partial charge is 0.229 e. The summed E-state index contributed by atoms with van der Waals surface area (Å²) in [6.45, 7) is 3.87. The second-order valence-corrected chi connectivity index (χ2v) is 8.21. The van der Waals surface area contributed by atoms with Gasteiger partial charge in [0.1, 0.15) is 5.82 Å². The topological polar surface area (TPSA) is 82.3 Å². The van der Waals surface area contributed by atoms with Gasteiger partial charge in [-0.3, -0.25) is 9.89 Å². The number of hydrogen-bond donors (Lipinski definition) is 3. The molecule has 3 aromatic rings. The number of aromatic amines is 1. The van der Waals surface area contributed by atoms with Gasteiger partial charge in [-0.1, -0.05) is 30.3 Å². The number of rotatable bonds is 5. The molecule has 3 N–H and O–H groups in total. The third-order valence-electron chi connectivity index (χ3n) is 6.28. The fraction of sp³-hybridized carbons (Fsp3) is 0.333. The van der Waals surface area contributed by atoms with Gasteiger partial charge in [-0.2, -0.15) is 5.10 Å². The van der Waals surface area contributed by atoms with Gasteiger partial charge in [-0.25, -0.2) is 4.39 Å². The van der Waals surface area contributed by atoms with Crippen molar-refractivity contribution in [2.24, 2.45) is 5.92 Å². The maximum Gasteiger partial charge on any atom is 0.229 e. The van der Waals surface area contributed by atoms with E-state index >= 15 is 4.39 Å². The zero-order valence-electron chi connectivity index (χ0n) is 17.7. The molecule has 0 saturated carbocycles. The fourth-order valence-electron chi connectivity index (χ4n) is 4.58. The van der Waals surface area contributed by atoms with Gasteiger partial charge in [0.2, 0.25) is 5.91 Å². The summed E-state index contributed by atoms with van der Waals surface area (Å²) in [5.74, 6) is -0.652. The van der Waals surface area contributed by atoms with Crippen molar-refractivity contribution < 1.29 is 13.9 Å². The van der Waals surface area contributed by atoms with E-state index in [1.54, 1.807) is 18.5 Å². The monoisotopic (exact) mass is 435 g/mol. The van der Waals surface area contributed by atoms with Crippen molar-refractivity contribution in [3.63, 3.8) is 0 Å². The van der Waals surface area contributed by atoms with Crippen LogP contribution >= 0.6 is 0 Å².